The number of hydrogen-bond acceptors (Lipinski definition) is 5. The van der Waals surface area contributed by atoms with E-state index in [2.05, 4.69) is 15.5 Å². The Morgan fingerprint density at radius 1 is 1.19 bits per heavy atom. The Labute approximate surface area is 152 Å². The van der Waals surface area contributed by atoms with Crippen LogP contribution in [0.1, 0.15) is 22.6 Å². The molecule has 0 saturated heterocycles. The van der Waals surface area contributed by atoms with E-state index in [-0.39, 0.29) is 12.5 Å². The zero-order chi connectivity index (χ0) is 18.5. The first kappa shape index (κ1) is 17.7. The first-order valence-electron chi connectivity index (χ1n) is 8.35. The van der Waals surface area contributed by atoms with Gasteiger partial charge in [-0.3, -0.25) is 4.79 Å². The van der Waals surface area contributed by atoms with Gasteiger partial charge in [-0.15, -0.1) is 0 Å². The Hall–Kier alpha value is -3.15. The van der Waals surface area contributed by atoms with Gasteiger partial charge in [0.2, 0.25) is 17.6 Å². The average molecular weight is 351 g/mol. The smallest absolute Gasteiger partial charge is 0.246 e. The third kappa shape index (κ3) is 4.27. The highest BCUT2D eigenvalue weighted by Crippen LogP contribution is 2.21. The number of benzene rings is 2. The number of nitrogens with one attached hydrogen (secondary N) is 1. The number of aryl methyl sites for hydroxylation is 2. The van der Waals surface area contributed by atoms with Gasteiger partial charge in [0, 0.05) is 5.56 Å². The minimum absolute atomic E-state index is 0.0835. The van der Waals surface area contributed by atoms with E-state index in [1.54, 1.807) is 7.11 Å². The van der Waals surface area contributed by atoms with Crippen LogP contribution in [0.3, 0.4) is 0 Å². The minimum atomic E-state index is -0.0835. The molecule has 2 aromatic carbocycles. The van der Waals surface area contributed by atoms with Crippen LogP contribution in [0.2, 0.25) is 0 Å². The molecule has 26 heavy (non-hydrogen) atoms. The second-order valence-corrected chi connectivity index (χ2v) is 6.13. The summed E-state index contributed by atoms with van der Waals surface area (Å²) in [5, 5.41) is 6.78. The predicted molar refractivity (Wildman–Crippen MR) is 97.8 cm³/mol. The Bertz CT molecular complexity index is 918. The maximum atomic E-state index is 12.2. The Kier molecular flexibility index (Phi) is 5.31. The highest BCUT2D eigenvalue weighted by atomic mass is 16.5. The van der Waals surface area contributed by atoms with Gasteiger partial charge >= 0.3 is 0 Å². The largest absolute Gasteiger partial charge is 0.497 e. The van der Waals surface area contributed by atoms with E-state index in [9.17, 15) is 4.79 Å². The number of hydrogen-bond donors (Lipinski definition) is 1. The van der Waals surface area contributed by atoms with Crippen LogP contribution in [0.4, 0.5) is 0 Å². The number of nitrogens with zero attached hydrogens (tertiary/aromatic N) is 2. The lowest BCUT2D eigenvalue weighted by molar-refractivity contribution is -0.120. The lowest BCUT2D eigenvalue weighted by Crippen LogP contribution is -2.25. The maximum Gasteiger partial charge on any atom is 0.246 e. The van der Waals surface area contributed by atoms with E-state index in [1.165, 1.54) is 0 Å². The monoisotopic (exact) mass is 351 g/mol. The van der Waals surface area contributed by atoms with Crippen molar-refractivity contribution in [2.45, 2.75) is 26.8 Å². The van der Waals surface area contributed by atoms with Crippen molar-refractivity contribution in [1.82, 2.24) is 15.5 Å². The van der Waals surface area contributed by atoms with Gasteiger partial charge in [-0.2, -0.15) is 4.98 Å². The van der Waals surface area contributed by atoms with Crippen molar-refractivity contribution in [3.63, 3.8) is 0 Å². The Morgan fingerprint density at radius 3 is 2.85 bits per heavy atom. The molecule has 1 amide bonds. The van der Waals surface area contributed by atoms with Crippen molar-refractivity contribution < 1.29 is 14.1 Å². The number of ether oxygens (including phenoxy) is 1. The second kappa shape index (κ2) is 7.82. The fourth-order valence-corrected chi connectivity index (χ4v) is 2.61. The summed E-state index contributed by atoms with van der Waals surface area (Å²) in [6.07, 6.45) is 0.324. The van der Waals surface area contributed by atoms with Crippen LogP contribution in [0.5, 0.6) is 5.75 Å². The summed E-state index contributed by atoms with van der Waals surface area (Å²) in [6, 6.07) is 13.5. The number of carbonyl (C=O) groups excluding carboxylic acids is 1. The molecule has 134 valence electrons. The van der Waals surface area contributed by atoms with Crippen LogP contribution >= 0.6 is 0 Å². The molecular formula is C20H21N3O3. The van der Waals surface area contributed by atoms with E-state index in [0.29, 0.717) is 18.1 Å². The normalized spacial score (nSPS) is 10.6. The van der Waals surface area contributed by atoms with Gasteiger partial charge in [-0.05, 0) is 37.1 Å². The molecule has 3 rings (SSSR count). The number of rotatable bonds is 6. The van der Waals surface area contributed by atoms with Crippen LogP contribution in [0.25, 0.3) is 11.4 Å². The molecule has 0 atom stereocenters. The van der Waals surface area contributed by atoms with Crippen LogP contribution in [0.15, 0.2) is 47.0 Å². The van der Waals surface area contributed by atoms with E-state index in [4.69, 9.17) is 9.26 Å². The van der Waals surface area contributed by atoms with Gasteiger partial charge in [-0.1, -0.05) is 41.1 Å². The van der Waals surface area contributed by atoms with Gasteiger partial charge in [0.1, 0.15) is 5.75 Å². The zero-order valence-corrected chi connectivity index (χ0v) is 15.1. The van der Waals surface area contributed by atoms with Gasteiger partial charge in [0.05, 0.1) is 20.1 Å². The molecule has 0 radical (unpaired) electrons. The first-order chi connectivity index (χ1) is 12.5. The van der Waals surface area contributed by atoms with Gasteiger partial charge in [0.15, 0.2) is 0 Å². The Balaban J connectivity index is 1.61. The molecule has 6 heteroatoms. The van der Waals surface area contributed by atoms with Gasteiger partial charge in [0.25, 0.3) is 0 Å². The topological polar surface area (TPSA) is 77.3 Å². The first-order valence-corrected chi connectivity index (χ1v) is 8.35. The van der Waals surface area contributed by atoms with Crippen LogP contribution < -0.4 is 10.1 Å². The van der Waals surface area contributed by atoms with E-state index in [0.717, 1.165) is 28.0 Å². The fraction of sp³-hybridized carbons (Fsp3) is 0.250. The quantitative estimate of drug-likeness (QED) is 0.738. The number of amides is 1. The molecule has 0 aliphatic rings. The summed E-state index contributed by atoms with van der Waals surface area (Å²) in [4.78, 5) is 16.5. The molecule has 0 spiro atoms. The van der Waals surface area contributed by atoms with E-state index < -0.39 is 0 Å². The van der Waals surface area contributed by atoms with Gasteiger partial charge in [-0.25, -0.2) is 0 Å². The SMILES string of the molecule is COc1cccc(-c2noc(CNC(=O)Cc3cc(C)ccc3C)n2)c1. The third-order valence-corrected chi connectivity index (χ3v) is 4.09. The van der Waals surface area contributed by atoms with Crippen LogP contribution in [-0.4, -0.2) is 23.2 Å². The van der Waals surface area contributed by atoms with Crippen molar-refractivity contribution >= 4 is 5.91 Å². The van der Waals surface area contributed by atoms with Gasteiger partial charge < -0.3 is 14.6 Å². The zero-order valence-electron chi connectivity index (χ0n) is 15.1. The molecular weight excluding hydrogens is 330 g/mol. The summed E-state index contributed by atoms with van der Waals surface area (Å²) in [5.74, 6) is 1.45. The third-order valence-electron chi connectivity index (χ3n) is 4.09. The molecule has 0 unspecified atom stereocenters. The second-order valence-electron chi connectivity index (χ2n) is 6.13. The number of carbonyl (C=O) groups is 1. The van der Waals surface area contributed by atoms with Crippen molar-refractivity contribution in [3.8, 4) is 17.1 Å². The molecule has 3 aromatic rings. The van der Waals surface area contributed by atoms with Crippen LogP contribution in [-0.2, 0) is 17.8 Å². The summed E-state index contributed by atoms with van der Waals surface area (Å²) in [7, 11) is 1.60. The highest BCUT2D eigenvalue weighted by molar-refractivity contribution is 5.78. The molecule has 1 heterocycles. The molecule has 0 saturated carbocycles. The molecule has 1 N–H and O–H groups in total. The van der Waals surface area contributed by atoms with E-state index >= 15 is 0 Å². The van der Waals surface area contributed by atoms with Crippen LogP contribution in [0, 0.1) is 13.8 Å². The molecule has 0 fully saturated rings. The summed E-state index contributed by atoms with van der Waals surface area (Å²) in [5.41, 5.74) is 4.05. The maximum absolute atomic E-state index is 12.2. The standard InChI is InChI=1S/C20H21N3O3/c1-13-7-8-14(2)16(9-13)11-18(24)21-12-19-22-20(23-26-19)15-5-4-6-17(10-15)25-3/h4-10H,11-12H2,1-3H3,(H,21,24). The summed E-state index contributed by atoms with van der Waals surface area (Å²) in [6.45, 7) is 4.21. The van der Waals surface area contributed by atoms with Crippen molar-refractivity contribution in [1.29, 1.82) is 0 Å². The Morgan fingerprint density at radius 2 is 2.04 bits per heavy atom. The van der Waals surface area contributed by atoms with Crippen molar-refractivity contribution in [3.05, 3.63) is 65.0 Å². The lowest BCUT2D eigenvalue weighted by atomic mass is 10.0. The summed E-state index contributed by atoms with van der Waals surface area (Å²) < 4.78 is 10.4. The highest BCUT2D eigenvalue weighted by Gasteiger charge is 2.11. The molecule has 1 aromatic heterocycles. The minimum Gasteiger partial charge on any atom is -0.497 e. The molecule has 6 nitrogen and oxygen atoms in total. The number of aromatic nitrogens is 2. The molecule has 0 bridgehead atoms. The fourth-order valence-electron chi connectivity index (χ4n) is 2.61. The summed E-state index contributed by atoms with van der Waals surface area (Å²) >= 11 is 0. The predicted octanol–water partition coefficient (Wildman–Crippen LogP) is 3.22. The molecule has 0 aliphatic heterocycles. The van der Waals surface area contributed by atoms with Crippen molar-refractivity contribution in [2.75, 3.05) is 7.11 Å². The average Bonchev–Trinajstić information content (AvgIpc) is 3.12. The van der Waals surface area contributed by atoms with E-state index in [1.807, 2.05) is 56.3 Å². The van der Waals surface area contributed by atoms with Crippen molar-refractivity contribution in [2.24, 2.45) is 0 Å². The molecule has 0 aliphatic carbocycles. The lowest BCUT2D eigenvalue weighted by Gasteiger charge is -2.07. The number of methoxy groups -OCH3 is 1.